The Bertz CT molecular complexity index is 712. The van der Waals surface area contributed by atoms with Crippen molar-refractivity contribution in [1.29, 1.82) is 0 Å². The SMILES string of the molecule is Cc1cnc(C(=O)N2CCC(N3CCCC(C(=O)N4CCOCC4)C3)CC2)cn1. The Morgan fingerprint density at radius 3 is 2.41 bits per heavy atom. The van der Waals surface area contributed by atoms with Crippen molar-refractivity contribution in [2.75, 3.05) is 52.5 Å². The fourth-order valence-electron chi connectivity index (χ4n) is 4.68. The number of piperidine rings is 2. The number of rotatable bonds is 3. The van der Waals surface area contributed by atoms with Gasteiger partial charge in [0.1, 0.15) is 5.69 Å². The summed E-state index contributed by atoms with van der Waals surface area (Å²) in [5.41, 5.74) is 1.23. The molecular weight excluding hydrogens is 370 g/mol. The normalized spacial score (nSPS) is 24.5. The summed E-state index contributed by atoms with van der Waals surface area (Å²) in [6.45, 7) is 7.97. The van der Waals surface area contributed by atoms with Crippen molar-refractivity contribution in [2.45, 2.75) is 38.6 Å². The summed E-state index contributed by atoms with van der Waals surface area (Å²) in [5.74, 6) is 0.364. The van der Waals surface area contributed by atoms with Crippen molar-refractivity contribution in [2.24, 2.45) is 5.92 Å². The van der Waals surface area contributed by atoms with E-state index in [2.05, 4.69) is 14.9 Å². The fraction of sp³-hybridized carbons (Fsp3) is 0.714. The number of aryl methyl sites for hydroxylation is 1. The second-order valence-electron chi connectivity index (χ2n) is 8.34. The van der Waals surface area contributed by atoms with Crippen LogP contribution in [0, 0.1) is 12.8 Å². The Labute approximate surface area is 172 Å². The van der Waals surface area contributed by atoms with Crippen LogP contribution in [0.2, 0.25) is 0 Å². The average molecular weight is 402 g/mol. The van der Waals surface area contributed by atoms with Crippen molar-refractivity contribution < 1.29 is 14.3 Å². The summed E-state index contributed by atoms with van der Waals surface area (Å²) in [6.07, 6.45) is 7.15. The van der Waals surface area contributed by atoms with E-state index in [0.29, 0.717) is 30.9 Å². The molecule has 29 heavy (non-hydrogen) atoms. The highest BCUT2D eigenvalue weighted by atomic mass is 16.5. The van der Waals surface area contributed by atoms with Crippen LogP contribution in [0.5, 0.6) is 0 Å². The summed E-state index contributed by atoms with van der Waals surface area (Å²) in [7, 11) is 0. The second kappa shape index (κ2) is 9.17. The highest BCUT2D eigenvalue weighted by Crippen LogP contribution is 2.25. The average Bonchev–Trinajstić information content (AvgIpc) is 2.79. The molecule has 158 valence electrons. The van der Waals surface area contributed by atoms with Gasteiger partial charge in [-0.05, 0) is 39.2 Å². The molecule has 2 amide bonds. The Morgan fingerprint density at radius 1 is 0.966 bits per heavy atom. The van der Waals surface area contributed by atoms with Crippen LogP contribution in [0.4, 0.5) is 0 Å². The number of nitrogens with zero attached hydrogens (tertiary/aromatic N) is 5. The van der Waals surface area contributed by atoms with Gasteiger partial charge in [0.25, 0.3) is 5.91 Å². The highest BCUT2D eigenvalue weighted by molar-refractivity contribution is 5.92. The van der Waals surface area contributed by atoms with E-state index in [0.717, 1.165) is 70.6 Å². The maximum Gasteiger partial charge on any atom is 0.274 e. The van der Waals surface area contributed by atoms with E-state index in [1.54, 1.807) is 12.4 Å². The number of carbonyl (C=O) groups is 2. The van der Waals surface area contributed by atoms with Crippen LogP contribution in [-0.4, -0.2) is 95.0 Å². The Hall–Kier alpha value is -2.06. The molecular formula is C21H31N5O3. The number of hydrogen-bond acceptors (Lipinski definition) is 6. The van der Waals surface area contributed by atoms with E-state index in [1.165, 1.54) is 0 Å². The van der Waals surface area contributed by atoms with Crippen molar-refractivity contribution in [3.63, 3.8) is 0 Å². The van der Waals surface area contributed by atoms with E-state index >= 15 is 0 Å². The number of hydrogen-bond donors (Lipinski definition) is 0. The third-order valence-electron chi connectivity index (χ3n) is 6.39. The van der Waals surface area contributed by atoms with E-state index in [-0.39, 0.29) is 11.8 Å². The molecule has 1 aromatic rings. The maximum absolute atomic E-state index is 12.9. The molecule has 1 atom stereocenters. The molecule has 0 aliphatic carbocycles. The van der Waals surface area contributed by atoms with Gasteiger partial charge in [-0.25, -0.2) is 4.98 Å². The quantitative estimate of drug-likeness (QED) is 0.751. The predicted molar refractivity (Wildman–Crippen MR) is 107 cm³/mol. The first kappa shape index (κ1) is 20.2. The Morgan fingerprint density at radius 2 is 1.72 bits per heavy atom. The number of carbonyl (C=O) groups excluding carboxylic acids is 2. The van der Waals surface area contributed by atoms with Crippen molar-refractivity contribution in [3.8, 4) is 0 Å². The zero-order valence-electron chi connectivity index (χ0n) is 17.3. The molecule has 3 aliphatic heterocycles. The molecule has 4 rings (SSSR count). The maximum atomic E-state index is 12.9. The van der Waals surface area contributed by atoms with E-state index < -0.39 is 0 Å². The molecule has 0 saturated carbocycles. The first-order chi connectivity index (χ1) is 14.1. The minimum absolute atomic E-state index is 0.0324. The number of morpholine rings is 1. The molecule has 1 unspecified atom stereocenters. The molecule has 3 saturated heterocycles. The molecule has 8 nitrogen and oxygen atoms in total. The lowest BCUT2D eigenvalue weighted by Crippen LogP contribution is -2.53. The zero-order valence-corrected chi connectivity index (χ0v) is 17.3. The standard InChI is InChI=1S/C21H31N5O3/c1-16-13-23-19(14-22-16)21(28)24-7-4-18(5-8-24)26-6-2-3-17(15-26)20(27)25-9-11-29-12-10-25/h13-14,17-18H,2-12,15H2,1H3. The van der Waals surface area contributed by atoms with Gasteiger partial charge in [0.15, 0.2) is 0 Å². The number of ether oxygens (including phenoxy) is 1. The predicted octanol–water partition coefficient (Wildman–Crippen LogP) is 0.960. The topological polar surface area (TPSA) is 78.9 Å². The summed E-state index contributed by atoms with van der Waals surface area (Å²) in [5, 5.41) is 0. The van der Waals surface area contributed by atoms with Crippen LogP contribution >= 0.6 is 0 Å². The molecule has 1 aromatic heterocycles. The van der Waals surface area contributed by atoms with Crippen molar-refractivity contribution in [1.82, 2.24) is 24.7 Å². The monoisotopic (exact) mass is 401 g/mol. The number of likely N-dealkylation sites (tertiary alicyclic amines) is 2. The van der Waals surface area contributed by atoms with Gasteiger partial charge in [-0.2, -0.15) is 0 Å². The molecule has 4 heterocycles. The second-order valence-corrected chi connectivity index (χ2v) is 8.34. The van der Waals surface area contributed by atoms with Crippen molar-refractivity contribution in [3.05, 3.63) is 23.8 Å². The van der Waals surface area contributed by atoms with Crippen LogP contribution in [0.25, 0.3) is 0 Å². The summed E-state index contributed by atoms with van der Waals surface area (Å²) in [6, 6.07) is 0.448. The van der Waals surface area contributed by atoms with Gasteiger partial charge in [0.2, 0.25) is 5.91 Å². The Kier molecular flexibility index (Phi) is 6.40. The van der Waals surface area contributed by atoms with Gasteiger partial charge in [-0.1, -0.05) is 0 Å². The first-order valence-electron chi connectivity index (χ1n) is 10.8. The lowest BCUT2D eigenvalue weighted by molar-refractivity contribution is -0.141. The summed E-state index contributed by atoms with van der Waals surface area (Å²) >= 11 is 0. The molecule has 3 fully saturated rings. The van der Waals surface area contributed by atoms with Crippen LogP contribution < -0.4 is 0 Å². The summed E-state index contributed by atoms with van der Waals surface area (Å²) in [4.78, 5) is 40.3. The first-order valence-corrected chi connectivity index (χ1v) is 10.8. The van der Waals surface area contributed by atoms with Gasteiger partial charge >= 0.3 is 0 Å². The van der Waals surface area contributed by atoms with Crippen LogP contribution in [0.3, 0.4) is 0 Å². The molecule has 8 heteroatoms. The zero-order chi connectivity index (χ0) is 20.2. The number of amides is 2. The van der Waals surface area contributed by atoms with Crippen LogP contribution in [-0.2, 0) is 9.53 Å². The molecule has 0 aromatic carbocycles. The number of aromatic nitrogens is 2. The smallest absolute Gasteiger partial charge is 0.274 e. The van der Waals surface area contributed by atoms with Crippen LogP contribution in [0.1, 0.15) is 41.9 Å². The highest BCUT2D eigenvalue weighted by Gasteiger charge is 2.34. The van der Waals surface area contributed by atoms with Gasteiger partial charge in [-0.15, -0.1) is 0 Å². The van der Waals surface area contributed by atoms with E-state index in [1.807, 2.05) is 16.7 Å². The molecule has 0 radical (unpaired) electrons. The van der Waals surface area contributed by atoms with Crippen molar-refractivity contribution >= 4 is 11.8 Å². The van der Waals surface area contributed by atoms with Crippen LogP contribution in [0.15, 0.2) is 12.4 Å². The molecule has 0 spiro atoms. The fourth-order valence-corrected chi connectivity index (χ4v) is 4.68. The Balaban J connectivity index is 1.29. The third-order valence-corrected chi connectivity index (χ3v) is 6.39. The lowest BCUT2D eigenvalue weighted by Gasteiger charge is -2.43. The van der Waals surface area contributed by atoms with Gasteiger partial charge < -0.3 is 14.5 Å². The minimum Gasteiger partial charge on any atom is -0.378 e. The largest absolute Gasteiger partial charge is 0.378 e. The molecule has 3 aliphatic rings. The molecule has 0 bridgehead atoms. The minimum atomic E-state index is -0.0324. The van der Waals surface area contributed by atoms with Gasteiger partial charge in [-0.3, -0.25) is 19.5 Å². The van der Waals surface area contributed by atoms with Gasteiger partial charge in [0.05, 0.1) is 31.0 Å². The van der Waals surface area contributed by atoms with Gasteiger partial charge in [0, 0.05) is 45.0 Å². The van der Waals surface area contributed by atoms with E-state index in [9.17, 15) is 9.59 Å². The third kappa shape index (κ3) is 4.75. The lowest BCUT2D eigenvalue weighted by atomic mass is 9.92. The molecule has 0 N–H and O–H groups in total. The summed E-state index contributed by atoms with van der Waals surface area (Å²) < 4.78 is 5.38. The van der Waals surface area contributed by atoms with E-state index in [4.69, 9.17) is 4.74 Å².